The van der Waals surface area contributed by atoms with E-state index in [-0.39, 0.29) is 11.6 Å². The first-order valence-corrected chi connectivity index (χ1v) is 9.83. The molecule has 0 spiro atoms. The van der Waals surface area contributed by atoms with Gasteiger partial charge in [-0.1, -0.05) is 18.2 Å². The van der Waals surface area contributed by atoms with Gasteiger partial charge in [0, 0.05) is 18.5 Å². The van der Waals surface area contributed by atoms with Crippen molar-refractivity contribution in [1.82, 2.24) is 10.6 Å². The third kappa shape index (κ3) is 4.91. The molecular weight excluding hydrogens is 370 g/mol. The van der Waals surface area contributed by atoms with Crippen LogP contribution in [0.3, 0.4) is 0 Å². The number of fused-ring (bicyclic) bond motifs is 1. The van der Waals surface area contributed by atoms with Crippen LogP contribution in [0.2, 0.25) is 0 Å². The number of esters is 1. The SMILES string of the molecule is CCNC(=NCc1cc(C(=O)OC)c(C)o1)NC1CC(C)(C)Oc2ccccc21. The molecule has 1 aromatic carbocycles. The predicted octanol–water partition coefficient (Wildman–Crippen LogP) is 3.73. The van der Waals surface area contributed by atoms with Gasteiger partial charge in [-0.05, 0) is 39.8 Å². The van der Waals surface area contributed by atoms with Gasteiger partial charge in [-0.3, -0.25) is 0 Å². The van der Waals surface area contributed by atoms with Gasteiger partial charge in [-0.25, -0.2) is 9.79 Å². The predicted molar refractivity (Wildman–Crippen MR) is 111 cm³/mol. The summed E-state index contributed by atoms with van der Waals surface area (Å²) < 4.78 is 16.5. The average molecular weight is 399 g/mol. The van der Waals surface area contributed by atoms with Crippen LogP contribution in [0.25, 0.3) is 0 Å². The first kappa shape index (κ1) is 20.8. The number of rotatable bonds is 5. The maximum absolute atomic E-state index is 11.8. The number of nitrogens with zero attached hydrogens (tertiary/aromatic N) is 1. The molecule has 0 amide bonds. The molecule has 2 aromatic rings. The highest BCUT2D eigenvalue weighted by atomic mass is 16.5. The van der Waals surface area contributed by atoms with E-state index in [1.165, 1.54) is 7.11 Å². The van der Waals surface area contributed by atoms with Crippen molar-refractivity contribution < 1.29 is 18.7 Å². The molecule has 0 saturated heterocycles. The number of guanidine groups is 1. The minimum Gasteiger partial charge on any atom is -0.487 e. The normalized spacial score (nSPS) is 17.8. The van der Waals surface area contributed by atoms with Crippen LogP contribution in [0.4, 0.5) is 0 Å². The molecule has 3 rings (SSSR count). The van der Waals surface area contributed by atoms with E-state index in [2.05, 4.69) is 35.5 Å². The first-order valence-electron chi connectivity index (χ1n) is 9.83. The molecule has 0 radical (unpaired) electrons. The van der Waals surface area contributed by atoms with Gasteiger partial charge in [0.25, 0.3) is 0 Å². The number of carbonyl (C=O) groups excluding carboxylic acids is 1. The number of ether oxygens (including phenoxy) is 2. The number of methoxy groups -OCH3 is 1. The lowest BCUT2D eigenvalue weighted by atomic mass is 9.90. The van der Waals surface area contributed by atoms with Crippen LogP contribution in [-0.4, -0.2) is 31.2 Å². The number of hydrogen-bond donors (Lipinski definition) is 2. The number of aliphatic imine (C=N–C) groups is 1. The van der Waals surface area contributed by atoms with Gasteiger partial charge in [0.1, 0.15) is 35.0 Å². The fourth-order valence-corrected chi connectivity index (χ4v) is 3.51. The number of aryl methyl sites for hydroxylation is 1. The number of hydrogen-bond acceptors (Lipinski definition) is 5. The number of para-hydroxylation sites is 1. The summed E-state index contributed by atoms with van der Waals surface area (Å²) in [5.41, 5.74) is 1.26. The van der Waals surface area contributed by atoms with E-state index >= 15 is 0 Å². The Morgan fingerprint density at radius 2 is 2.10 bits per heavy atom. The van der Waals surface area contributed by atoms with Crippen molar-refractivity contribution in [2.24, 2.45) is 4.99 Å². The van der Waals surface area contributed by atoms with Crippen LogP contribution < -0.4 is 15.4 Å². The maximum atomic E-state index is 11.8. The molecule has 29 heavy (non-hydrogen) atoms. The molecule has 1 aliphatic rings. The molecule has 0 bridgehead atoms. The quantitative estimate of drug-likeness (QED) is 0.453. The molecule has 0 fully saturated rings. The van der Waals surface area contributed by atoms with Crippen LogP contribution in [0.1, 0.15) is 60.7 Å². The van der Waals surface area contributed by atoms with Crippen molar-refractivity contribution in [2.75, 3.05) is 13.7 Å². The Balaban J connectivity index is 1.79. The zero-order chi connectivity index (χ0) is 21.0. The van der Waals surface area contributed by atoms with E-state index in [1.54, 1.807) is 13.0 Å². The van der Waals surface area contributed by atoms with E-state index in [0.717, 1.165) is 24.3 Å². The van der Waals surface area contributed by atoms with E-state index in [9.17, 15) is 4.79 Å². The van der Waals surface area contributed by atoms with Gasteiger partial charge in [0.05, 0.1) is 13.2 Å². The Bertz CT molecular complexity index is 901. The summed E-state index contributed by atoms with van der Waals surface area (Å²) in [4.78, 5) is 16.4. The highest BCUT2D eigenvalue weighted by Gasteiger charge is 2.34. The molecule has 0 saturated carbocycles. The smallest absolute Gasteiger partial charge is 0.341 e. The Kier molecular flexibility index (Phi) is 6.15. The standard InChI is InChI=1S/C22H29N3O4/c1-6-23-21(24-13-15-11-17(14(2)28-15)20(26)27-5)25-18-12-22(3,4)29-19-10-8-7-9-16(18)19/h7-11,18H,6,12-13H2,1-5H3,(H2,23,24,25). The second-order valence-electron chi connectivity index (χ2n) is 7.67. The van der Waals surface area contributed by atoms with Crippen molar-refractivity contribution in [1.29, 1.82) is 0 Å². The summed E-state index contributed by atoms with van der Waals surface area (Å²) in [5.74, 6) is 2.29. The fraction of sp³-hybridized carbons (Fsp3) is 0.455. The van der Waals surface area contributed by atoms with Crippen LogP contribution in [0.5, 0.6) is 5.75 Å². The number of carbonyl (C=O) groups is 1. The molecule has 7 heteroatoms. The van der Waals surface area contributed by atoms with Crippen molar-refractivity contribution >= 4 is 11.9 Å². The number of benzene rings is 1. The zero-order valence-electron chi connectivity index (χ0n) is 17.7. The highest BCUT2D eigenvalue weighted by Crippen LogP contribution is 2.39. The van der Waals surface area contributed by atoms with Crippen molar-refractivity contribution in [2.45, 2.75) is 52.3 Å². The van der Waals surface area contributed by atoms with Gasteiger partial charge in [0.2, 0.25) is 0 Å². The molecule has 156 valence electrons. The summed E-state index contributed by atoms with van der Waals surface area (Å²) in [5, 5.41) is 6.80. The van der Waals surface area contributed by atoms with Gasteiger partial charge in [-0.15, -0.1) is 0 Å². The Hall–Kier alpha value is -2.96. The minimum absolute atomic E-state index is 0.0664. The zero-order valence-corrected chi connectivity index (χ0v) is 17.7. The third-order valence-electron chi connectivity index (χ3n) is 4.80. The Morgan fingerprint density at radius 1 is 1.34 bits per heavy atom. The van der Waals surface area contributed by atoms with Gasteiger partial charge >= 0.3 is 5.97 Å². The fourth-order valence-electron chi connectivity index (χ4n) is 3.51. The van der Waals surface area contributed by atoms with E-state index in [1.807, 2.05) is 25.1 Å². The summed E-state index contributed by atoms with van der Waals surface area (Å²) >= 11 is 0. The number of nitrogens with one attached hydrogen (secondary N) is 2. The molecule has 0 aliphatic carbocycles. The first-order chi connectivity index (χ1) is 13.8. The topological polar surface area (TPSA) is 85.1 Å². The molecule has 1 aromatic heterocycles. The van der Waals surface area contributed by atoms with Crippen molar-refractivity contribution in [3.8, 4) is 5.75 Å². The molecule has 2 N–H and O–H groups in total. The van der Waals surface area contributed by atoms with Crippen LogP contribution in [0.15, 0.2) is 39.7 Å². The second-order valence-corrected chi connectivity index (χ2v) is 7.67. The molecule has 2 heterocycles. The summed E-state index contributed by atoms with van der Waals surface area (Å²) in [6.45, 7) is 8.96. The van der Waals surface area contributed by atoms with E-state index in [4.69, 9.17) is 13.9 Å². The largest absolute Gasteiger partial charge is 0.487 e. The highest BCUT2D eigenvalue weighted by molar-refractivity contribution is 5.90. The van der Waals surface area contributed by atoms with E-state index in [0.29, 0.717) is 29.6 Å². The summed E-state index contributed by atoms with van der Waals surface area (Å²) in [6.07, 6.45) is 0.806. The average Bonchev–Trinajstić information content (AvgIpc) is 3.05. The van der Waals surface area contributed by atoms with Gasteiger partial charge in [-0.2, -0.15) is 0 Å². The van der Waals surface area contributed by atoms with Gasteiger partial charge < -0.3 is 24.5 Å². The monoisotopic (exact) mass is 399 g/mol. The third-order valence-corrected chi connectivity index (χ3v) is 4.80. The summed E-state index contributed by atoms with van der Waals surface area (Å²) in [6, 6.07) is 9.81. The minimum atomic E-state index is -0.410. The molecule has 7 nitrogen and oxygen atoms in total. The molecular formula is C22H29N3O4. The van der Waals surface area contributed by atoms with Crippen LogP contribution >= 0.6 is 0 Å². The molecule has 1 unspecified atom stereocenters. The van der Waals surface area contributed by atoms with Crippen LogP contribution in [-0.2, 0) is 11.3 Å². The van der Waals surface area contributed by atoms with Crippen molar-refractivity contribution in [3.05, 3.63) is 53.0 Å². The van der Waals surface area contributed by atoms with Gasteiger partial charge in [0.15, 0.2) is 5.96 Å². The van der Waals surface area contributed by atoms with Crippen LogP contribution in [0, 0.1) is 6.92 Å². The molecule has 1 aliphatic heterocycles. The lowest BCUT2D eigenvalue weighted by Crippen LogP contribution is -2.45. The Labute approximate surface area is 171 Å². The second kappa shape index (κ2) is 8.59. The Morgan fingerprint density at radius 3 is 2.83 bits per heavy atom. The molecule has 1 atom stereocenters. The summed E-state index contributed by atoms with van der Waals surface area (Å²) in [7, 11) is 1.35. The number of furan rings is 1. The van der Waals surface area contributed by atoms with E-state index < -0.39 is 5.97 Å². The maximum Gasteiger partial charge on any atom is 0.341 e. The lowest BCUT2D eigenvalue weighted by Gasteiger charge is -2.38. The lowest BCUT2D eigenvalue weighted by molar-refractivity contribution is 0.0598. The van der Waals surface area contributed by atoms with Crippen molar-refractivity contribution in [3.63, 3.8) is 0 Å².